The fourth-order valence-corrected chi connectivity index (χ4v) is 3.57. The molecule has 0 unspecified atom stereocenters. The minimum absolute atomic E-state index is 0.127. The Kier molecular flexibility index (Phi) is 6.51. The van der Waals surface area contributed by atoms with Gasteiger partial charge in [0, 0.05) is 12.6 Å². The van der Waals surface area contributed by atoms with Crippen molar-refractivity contribution in [3.63, 3.8) is 0 Å². The molecule has 152 valence electrons. The molecule has 0 amide bonds. The monoisotopic (exact) mass is 408 g/mol. The molecular formula is C19H25ClN4O4. The lowest BCUT2D eigenvalue weighted by Gasteiger charge is -2.28. The summed E-state index contributed by atoms with van der Waals surface area (Å²) in [4.78, 5) is 20.8. The van der Waals surface area contributed by atoms with Crippen LogP contribution in [-0.2, 0) is 23.2 Å². The summed E-state index contributed by atoms with van der Waals surface area (Å²) in [5.41, 5.74) is 1.80. The number of aliphatic hydroxyl groups excluding tert-OH is 1. The maximum Gasteiger partial charge on any atom is 0.309 e. The van der Waals surface area contributed by atoms with E-state index in [0.29, 0.717) is 23.4 Å². The molecule has 0 spiro atoms. The van der Waals surface area contributed by atoms with E-state index in [1.807, 2.05) is 13.8 Å². The van der Waals surface area contributed by atoms with Crippen molar-refractivity contribution in [2.75, 3.05) is 0 Å². The number of aryl methyl sites for hydroxylation is 1. The highest BCUT2D eigenvalue weighted by Gasteiger charge is 2.30. The van der Waals surface area contributed by atoms with Crippen LogP contribution in [0.15, 0.2) is 12.4 Å². The molecule has 1 saturated carbocycles. The van der Waals surface area contributed by atoms with Gasteiger partial charge in [0.05, 0.1) is 42.4 Å². The van der Waals surface area contributed by atoms with Gasteiger partial charge in [-0.2, -0.15) is 5.10 Å². The fourth-order valence-electron chi connectivity index (χ4n) is 3.38. The molecule has 0 aromatic carbocycles. The quantitative estimate of drug-likeness (QED) is 0.733. The highest BCUT2D eigenvalue weighted by Crippen LogP contribution is 2.32. The zero-order chi connectivity index (χ0) is 20.3. The molecule has 1 aliphatic rings. The van der Waals surface area contributed by atoms with Gasteiger partial charge in [-0.05, 0) is 39.5 Å². The average Bonchev–Trinajstić information content (AvgIpc) is 3.03. The highest BCUT2D eigenvalue weighted by atomic mass is 35.5. The van der Waals surface area contributed by atoms with E-state index < -0.39 is 0 Å². The van der Waals surface area contributed by atoms with Crippen molar-refractivity contribution in [2.24, 2.45) is 13.0 Å². The number of carbonyl (C=O) groups excluding carboxylic acids is 1. The summed E-state index contributed by atoms with van der Waals surface area (Å²) >= 11 is 6.29. The lowest BCUT2D eigenvalue weighted by Crippen LogP contribution is -2.32. The van der Waals surface area contributed by atoms with E-state index in [2.05, 4.69) is 15.1 Å². The van der Waals surface area contributed by atoms with E-state index in [0.717, 1.165) is 19.3 Å². The van der Waals surface area contributed by atoms with Gasteiger partial charge in [0.1, 0.15) is 6.10 Å². The number of aliphatic hydroxyl groups is 1. The van der Waals surface area contributed by atoms with Gasteiger partial charge in [-0.3, -0.25) is 9.48 Å². The second-order valence-electron chi connectivity index (χ2n) is 7.23. The van der Waals surface area contributed by atoms with E-state index in [1.165, 1.54) is 0 Å². The molecule has 0 aliphatic heterocycles. The Morgan fingerprint density at radius 1 is 1.39 bits per heavy atom. The second-order valence-corrected chi connectivity index (χ2v) is 7.58. The van der Waals surface area contributed by atoms with Crippen molar-refractivity contribution in [1.82, 2.24) is 19.7 Å². The first-order chi connectivity index (χ1) is 13.4. The van der Waals surface area contributed by atoms with E-state index in [1.54, 1.807) is 24.1 Å². The predicted molar refractivity (Wildman–Crippen MR) is 103 cm³/mol. The molecule has 28 heavy (non-hydrogen) atoms. The molecule has 2 aromatic heterocycles. The Morgan fingerprint density at radius 2 is 2.18 bits per heavy atom. The standard InChI is InChI=1S/C19H25ClN4O4/c1-11(2)27-19(26)12-5-4-6-13(7-12)28-18-17(20)23-15(9-21-18)14-8-22-24(3)16(14)10-25/h8-9,11-13,25H,4-7,10H2,1-3H3/t12-,13-/m0/s1. The van der Waals surface area contributed by atoms with Crippen molar-refractivity contribution < 1.29 is 19.4 Å². The Bertz CT molecular complexity index is 839. The number of carbonyl (C=O) groups is 1. The van der Waals surface area contributed by atoms with Crippen LogP contribution in [0.1, 0.15) is 45.2 Å². The zero-order valence-electron chi connectivity index (χ0n) is 16.3. The van der Waals surface area contributed by atoms with E-state index >= 15 is 0 Å². The molecule has 1 aliphatic carbocycles. The van der Waals surface area contributed by atoms with Crippen LogP contribution >= 0.6 is 11.6 Å². The van der Waals surface area contributed by atoms with Crippen molar-refractivity contribution in [1.29, 1.82) is 0 Å². The topological polar surface area (TPSA) is 99.4 Å². The van der Waals surface area contributed by atoms with Crippen molar-refractivity contribution in [3.05, 3.63) is 23.2 Å². The van der Waals surface area contributed by atoms with Gasteiger partial charge in [0.2, 0.25) is 0 Å². The molecule has 0 radical (unpaired) electrons. The van der Waals surface area contributed by atoms with E-state index in [9.17, 15) is 9.90 Å². The minimum atomic E-state index is -0.177. The first-order valence-corrected chi connectivity index (χ1v) is 9.78. The summed E-state index contributed by atoms with van der Waals surface area (Å²) in [6.07, 6.45) is 5.94. The second kappa shape index (κ2) is 8.87. The Morgan fingerprint density at radius 3 is 2.86 bits per heavy atom. The number of hydrogen-bond donors (Lipinski definition) is 1. The summed E-state index contributed by atoms with van der Waals surface area (Å²) in [5.74, 6) is -0.110. The van der Waals surface area contributed by atoms with Crippen molar-refractivity contribution in [2.45, 2.75) is 58.3 Å². The first-order valence-electron chi connectivity index (χ1n) is 9.40. The molecular weight excluding hydrogens is 384 g/mol. The number of aromatic nitrogens is 4. The molecule has 9 heteroatoms. The normalized spacial score (nSPS) is 19.6. The molecule has 3 rings (SSSR count). The Labute approximate surface area is 168 Å². The van der Waals surface area contributed by atoms with E-state index in [-0.39, 0.29) is 41.7 Å². The van der Waals surface area contributed by atoms with Gasteiger partial charge < -0.3 is 14.6 Å². The summed E-state index contributed by atoms with van der Waals surface area (Å²) in [7, 11) is 1.74. The average molecular weight is 409 g/mol. The molecule has 1 fully saturated rings. The van der Waals surface area contributed by atoms with Crippen molar-refractivity contribution >= 4 is 17.6 Å². The third-order valence-corrected chi connectivity index (χ3v) is 5.02. The summed E-state index contributed by atoms with van der Waals surface area (Å²) in [6.45, 7) is 3.52. The van der Waals surface area contributed by atoms with Gasteiger partial charge >= 0.3 is 5.97 Å². The molecule has 8 nitrogen and oxygen atoms in total. The smallest absolute Gasteiger partial charge is 0.309 e. The van der Waals surface area contributed by atoms with Crippen LogP contribution in [0, 0.1) is 5.92 Å². The van der Waals surface area contributed by atoms with Gasteiger partial charge in [-0.15, -0.1) is 0 Å². The van der Waals surface area contributed by atoms with Crippen LogP contribution in [0.25, 0.3) is 11.3 Å². The molecule has 0 bridgehead atoms. The number of hydrogen-bond acceptors (Lipinski definition) is 7. The number of rotatable bonds is 6. The molecule has 2 heterocycles. The van der Waals surface area contributed by atoms with Crippen LogP contribution < -0.4 is 4.74 Å². The molecule has 2 aromatic rings. The van der Waals surface area contributed by atoms with Gasteiger partial charge in [-0.1, -0.05) is 11.6 Å². The summed E-state index contributed by atoms with van der Waals surface area (Å²) in [5, 5.41) is 13.8. The SMILES string of the molecule is CC(C)OC(=O)[C@H]1CCC[C@H](Oc2ncc(-c3cnn(C)c3CO)nc2Cl)C1. The van der Waals surface area contributed by atoms with Crippen molar-refractivity contribution in [3.8, 4) is 17.1 Å². The molecule has 1 N–H and O–H groups in total. The van der Waals surface area contributed by atoms with Gasteiger partial charge in [0.25, 0.3) is 5.88 Å². The third kappa shape index (κ3) is 4.62. The van der Waals surface area contributed by atoms with Gasteiger partial charge in [0.15, 0.2) is 5.15 Å². The summed E-state index contributed by atoms with van der Waals surface area (Å²) in [6, 6.07) is 0. The van der Waals surface area contributed by atoms with Crippen LogP contribution in [0.5, 0.6) is 5.88 Å². The summed E-state index contributed by atoms with van der Waals surface area (Å²) < 4.78 is 12.8. The molecule has 0 saturated heterocycles. The lowest BCUT2D eigenvalue weighted by atomic mass is 9.87. The first kappa shape index (κ1) is 20.5. The lowest BCUT2D eigenvalue weighted by molar-refractivity contribution is -0.154. The number of ether oxygens (including phenoxy) is 2. The van der Waals surface area contributed by atoms with Crippen LogP contribution in [0.2, 0.25) is 5.15 Å². The van der Waals surface area contributed by atoms with E-state index in [4.69, 9.17) is 21.1 Å². The number of halogens is 1. The largest absolute Gasteiger partial charge is 0.472 e. The highest BCUT2D eigenvalue weighted by molar-refractivity contribution is 6.30. The zero-order valence-corrected chi connectivity index (χ0v) is 17.0. The predicted octanol–water partition coefficient (Wildman–Crippen LogP) is 2.91. The Hall–Kier alpha value is -2.19. The number of nitrogens with zero attached hydrogens (tertiary/aromatic N) is 4. The van der Waals surface area contributed by atoms with Gasteiger partial charge in [-0.25, -0.2) is 9.97 Å². The van der Waals surface area contributed by atoms with Crippen LogP contribution in [0.3, 0.4) is 0 Å². The minimum Gasteiger partial charge on any atom is -0.472 e. The maximum atomic E-state index is 12.2. The fraction of sp³-hybridized carbons (Fsp3) is 0.579. The Balaban J connectivity index is 1.70. The third-order valence-electron chi connectivity index (χ3n) is 4.78. The molecule has 2 atom stereocenters. The maximum absolute atomic E-state index is 12.2. The number of esters is 1. The van der Waals surface area contributed by atoms with Crippen LogP contribution in [0.4, 0.5) is 0 Å². The van der Waals surface area contributed by atoms with Crippen LogP contribution in [-0.4, -0.2) is 43.0 Å².